The van der Waals surface area contributed by atoms with Crippen molar-refractivity contribution >= 4 is 39.6 Å². The van der Waals surface area contributed by atoms with E-state index in [0.29, 0.717) is 5.13 Å². The summed E-state index contributed by atoms with van der Waals surface area (Å²) in [5.74, 6) is 2.09. The van der Waals surface area contributed by atoms with E-state index in [1.54, 1.807) is 11.3 Å². The Kier molecular flexibility index (Phi) is 4.36. The van der Waals surface area contributed by atoms with E-state index in [0.717, 1.165) is 38.5 Å². The topological polar surface area (TPSA) is 64.7 Å². The largest absolute Gasteiger partial charge is 0.374 e. The molecule has 0 saturated heterocycles. The first kappa shape index (κ1) is 12.8. The zero-order valence-electron chi connectivity index (χ0n) is 9.77. The molecule has 0 atom stereocenters. The number of nitrogen functional groups attached to an aromatic ring is 1. The predicted molar refractivity (Wildman–Crippen MR) is 76.6 cm³/mol. The molecule has 2 N–H and O–H groups in total. The van der Waals surface area contributed by atoms with E-state index in [1.807, 2.05) is 11.8 Å². The summed E-state index contributed by atoms with van der Waals surface area (Å²) in [6, 6.07) is 0. The molecule has 0 amide bonds. The molecule has 0 unspecified atom stereocenters. The normalized spacial score (nSPS) is 10.9. The number of nitrogens with zero attached hydrogens (tertiary/aromatic N) is 3. The van der Waals surface area contributed by atoms with Crippen LogP contribution in [0, 0.1) is 0 Å². The van der Waals surface area contributed by atoms with Crippen LogP contribution >= 0.6 is 34.4 Å². The number of aromatic nitrogens is 3. The highest BCUT2D eigenvalue weighted by atomic mass is 32.2. The van der Waals surface area contributed by atoms with Gasteiger partial charge in [0, 0.05) is 5.75 Å². The molecule has 17 heavy (non-hydrogen) atoms. The van der Waals surface area contributed by atoms with Crippen LogP contribution in [0.1, 0.15) is 24.5 Å². The zero-order valence-corrected chi connectivity index (χ0v) is 12.2. The first-order valence-electron chi connectivity index (χ1n) is 5.40. The summed E-state index contributed by atoms with van der Waals surface area (Å²) in [5.41, 5.74) is 6.73. The second-order valence-electron chi connectivity index (χ2n) is 3.32. The fourth-order valence-corrected chi connectivity index (χ4v) is 3.96. The minimum atomic E-state index is 0.514. The monoisotopic (exact) mass is 286 g/mol. The van der Waals surface area contributed by atoms with Crippen molar-refractivity contribution in [3.63, 3.8) is 0 Å². The summed E-state index contributed by atoms with van der Waals surface area (Å²) in [6.45, 7) is 4.27. The van der Waals surface area contributed by atoms with Gasteiger partial charge in [-0.15, -0.1) is 21.5 Å². The summed E-state index contributed by atoms with van der Waals surface area (Å²) in [5, 5.41) is 10.5. The Hall–Kier alpha value is -0.660. The van der Waals surface area contributed by atoms with Gasteiger partial charge < -0.3 is 5.73 Å². The number of thioether (sulfide) groups is 1. The van der Waals surface area contributed by atoms with E-state index in [1.165, 1.54) is 11.3 Å². The summed E-state index contributed by atoms with van der Waals surface area (Å²) >= 11 is 5.02. The van der Waals surface area contributed by atoms with Crippen LogP contribution in [0.15, 0.2) is 0 Å². The third-order valence-corrected chi connectivity index (χ3v) is 5.21. The zero-order chi connectivity index (χ0) is 12.3. The third kappa shape index (κ3) is 2.97. The van der Waals surface area contributed by atoms with Crippen LogP contribution in [0.25, 0.3) is 9.88 Å². The highest BCUT2D eigenvalue weighted by molar-refractivity contribution is 7.98. The number of rotatable bonds is 5. The lowest BCUT2D eigenvalue weighted by molar-refractivity contribution is 1.03. The molecule has 0 aliphatic heterocycles. The number of anilines is 1. The van der Waals surface area contributed by atoms with Gasteiger partial charge in [-0.25, -0.2) is 4.98 Å². The SMILES string of the molecule is CCSCc1nc(CC)c(-c2nnc(N)s2)s1. The van der Waals surface area contributed by atoms with Crippen molar-refractivity contribution in [1.82, 2.24) is 15.2 Å². The van der Waals surface area contributed by atoms with Crippen LogP contribution in [0.3, 0.4) is 0 Å². The van der Waals surface area contributed by atoms with Gasteiger partial charge in [-0.05, 0) is 12.2 Å². The Balaban J connectivity index is 2.29. The van der Waals surface area contributed by atoms with Gasteiger partial charge >= 0.3 is 0 Å². The maximum atomic E-state index is 5.62. The van der Waals surface area contributed by atoms with Crippen LogP contribution in [0.2, 0.25) is 0 Å². The lowest BCUT2D eigenvalue weighted by atomic mass is 10.3. The highest BCUT2D eigenvalue weighted by Gasteiger charge is 2.15. The van der Waals surface area contributed by atoms with Crippen LogP contribution in [0.4, 0.5) is 5.13 Å². The van der Waals surface area contributed by atoms with Gasteiger partial charge in [0.15, 0.2) is 5.01 Å². The summed E-state index contributed by atoms with van der Waals surface area (Å²) in [4.78, 5) is 5.78. The maximum absolute atomic E-state index is 5.62. The molecule has 0 aromatic carbocycles. The fraction of sp³-hybridized carbons (Fsp3) is 0.500. The van der Waals surface area contributed by atoms with E-state index in [9.17, 15) is 0 Å². The molecule has 2 aromatic rings. The quantitative estimate of drug-likeness (QED) is 0.915. The average molecular weight is 286 g/mol. The van der Waals surface area contributed by atoms with E-state index in [4.69, 9.17) is 5.73 Å². The van der Waals surface area contributed by atoms with E-state index >= 15 is 0 Å². The minimum Gasteiger partial charge on any atom is -0.374 e. The summed E-state index contributed by atoms with van der Waals surface area (Å²) in [6.07, 6.45) is 0.919. The molecule has 0 aliphatic rings. The van der Waals surface area contributed by atoms with E-state index < -0.39 is 0 Å². The van der Waals surface area contributed by atoms with Crippen molar-refractivity contribution in [3.8, 4) is 9.88 Å². The van der Waals surface area contributed by atoms with Gasteiger partial charge in [-0.1, -0.05) is 25.2 Å². The van der Waals surface area contributed by atoms with Gasteiger partial charge in [0.2, 0.25) is 5.13 Å². The maximum Gasteiger partial charge on any atom is 0.203 e. The molecule has 0 aliphatic carbocycles. The van der Waals surface area contributed by atoms with Crippen molar-refractivity contribution in [2.75, 3.05) is 11.5 Å². The highest BCUT2D eigenvalue weighted by Crippen LogP contribution is 2.34. The van der Waals surface area contributed by atoms with Crippen molar-refractivity contribution in [2.45, 2.75) is 26.0 Å². The van der Waals surface area contributed by atoms with Crippen LogP contribution in [-0.2, 0) is 12.2 Å². The van der Waals surface area contributed by atoms with Gasteiger partial charge in [0.1, 0.15) is 5.01 Å². The first-order chi connectivity index (χ1) is 8.24. The number of nitrogens with two attached hydrogens (primary N) is 1. The second-order valence-corrected chi connectivity index (χ2v) is 6.69. The molecule has 4 nitrogen and oxygen atoms in total. The van der Waals surface area contributed by atoms with E-state index in [2.05, 4.69) is 29.0 Å². The predicted octanol–water partition coefficient (Wildman–Crippen LogP) is 3.06. The molecular weight excluding hydrogens is 272 g/mol. The van der Waals surface area contributed by atoms with Gasteiger partial charge in [0.05, 0.1) is 10.6 Å². The number of thiazole rings is 1. The molecule has 0 fully saturated rings. The first-order valence-corrected chi connectivity index (χ1v) is 8.19. The average Bonchev–Trinajstić information content (AvgIpc) is 2.92. The van der Waals surface area contributed by atoms with Crippen molar-refractivity contribution in [1.29, 1.82) is 0 Å². The Morgan fingerprint density at radius 2 is 2.06 bits per heavy atom. The van der Waals surface area contributed by atoms with Crippen molar-refractivity contribution in [3.05, 3.63) is 10.7 Å². The number of hydrogen-bond acceptors (Lipinski definition) is 7. The summed E-state index contributed by atoms with van der Waals surface area (Å²) in [7, 11) is 0. The Bertz CT molecular complexity index is 491. The van der Waals surface area contributed by atoms with Crippen LogP contribution in [-0.4, -0.2) is 20.9 Å². The van der Waals surface area contributed by atoms with Gasteiger partial charge in [0.25, 0.3) is 0 Å². The molecular formula is C10H14N4S3. The molecule has 2 rings (SSSR count). The fourth-order valence-electron chi connectivity index (χ4n) is 1.38. The molecule has 0 bridgehead atoms. The molecule has 7 heteroatoms. The minimum absolute atomic E-state index is 0.514. The number of aryl methyl sites for hydroxylation is 1. The van der Waals surface area contributed by atoms with Gasteiger partial charge in [-0.2, -0.15) is 11.8 Å². The van der Waals surface area contributed by atoms with Crippen molar-refractivity contribution in [2.24, 2.45) is 0 Å². The lowest BCUT2D eigenvalue weighted by Crippen LogP contribution is -1.85. The standard InChI is InChI=1S/C10H14N4S3/c1-3-6-8(9-13-14-10(11)17-9)16-7(12-6)5-15-4-2/h3-5H2,1-2H3,(H2,11,14). The Morgan fingerprint density at radius 1 is 1.24 bits per heavy atom. The Morgan fingerprint density at radius 3 is 2.65 bits per heavy atom. The molecule has 0 radical (unpaired) electrons. The lowest BCUT2D eigenvalue weighted by Gasteiger charge is -1.91. The van der Waals surface area contributed by atoms with Crippen LogP contribution < -0.4 is 5.73 Å². The second kappa shape index (κ2) is 5.79. The van der Waals surface area contributed by atoms with E-state index in [-0.39, 0.29) is 0 Å². The van der Waals surface area contributed by atoms with Crippen molar-refractivity contribution < 1.29 is 0 Å². The third-order valence-electron chi connectivity index (χ3n) is 2.14. The number of hydrogen-bond donors (Lipinski definition) is 1. The molecule has 2 heterocycles. The Labute approximate surface area is 113 Å². The smallest absolute Gasteiger partial charge is 0.203 e. The summed E-state index contributed by atoms with van der Waals surface area (Å²) < 4.78 is 0. The molecule has 2 aromatic heterocycles. The van der Waals surface area contributed by atoms with Gasteiger partial charge in [-0.3, -0.25) is 0 Å². The van der Waals surface area contributed by atoms with Crippen LogP contribution in [0.5, 0.6) is 0 Å². The molecule has 0 spiro atoms. The molecule has 0 saturated carbocycles. The molecule has 92 valence electrons.